The molecule has 0 saturated heterocycles. The predicted molar refractivity (Wildman–Crippen MR) is 182 cm³/mol. The van der Waals surface area contributed by atoms with Gasteiger partial charge in [-0.1, -0.05) is 213 Å². The van der Waals surface area contributed by atoms with Gasteiger partial charge in [0, 0.05) is 0 Å². The SMILES string of the molecule is CCCCCCCCCCCCCCCCCCCC(O)NCCCCCCCCCCCCCCCCCC. The molecule has 2 N–H and O–H groups in total. The van der Waals surface area contributed by atoms with Crippen LogP contribution in [0.25, 0.3) is 0 Å². The standard InChI is InChI=1S/C38H79NO/c1-3-5-7-9-11-13-15-17-19-21-22-24-26-28-30-32-34-36-38(40)39-37-35-33-31-29-27-25-23-20-18-16-14-12-10-8-6-4-2/h38-40H,3-37H2,1-2H3. The molecule has 0 rings (SSSR count). The first kappa shape index (κ1) is 39.9. The zero-order valence-corrected chi connectivity index (χ0v) is 28.3. The first-order valence-corrected chi connectivity index (χ1v) is 19.2. The summed E-state index contributed by atoms with van der Waals surface area (Å²) in [7, 11) is 0. The number of hydrogen-bond donors (Lipinski definition) is 2. The van der Waals surface area contributed by atoms with Gasteiger partial charge in [0.15, 0.2) is 0 Å². The molecule has 0 aromatic rings. The number of aliphatic hydroxyl groups excluding tert-OH is 1. The van der Waals surface area contributed by atoms with Crippen molar-refractivity contribution in [1.82, 2.24) is 5.32 Å². The van der Waals surface area contributed by atoms with Gasteiger partial charge in [0.1, 0.15) is 6.23 Å². The fraction of sp³-hybridized carbons (Fsp3) is 1.00. The van der Waals surface area contributed by atoms with E-state index in [-0.39, 0.29) is 6.23 Å². The monoisotopic (exact) mass is 566 g/mol. The molecule has 0 aliphatic heterocycles. The van der Waals surface area contributed by atoms with E-state index in [0.29, 0.717) is 0 Å². The molecule has 0 heterocycles. The quantitative estimate of drug-likeness (QED) is 0.0585. The van der Waals surface area contributed by atoms with Crippen LogP contribution < -0.4 is 5.32 Å². The maximum Gasteiger partial charge on any atom is 0.104 e. The highest BCUT2D eigenvalue weighted by atomic mass is 16.3. The van der Waals surface area contributed by atoms with E-state index in [1.807, 2.05) is 0 Å². The lowest BCUT2D eigenvalue weighted by atomic mass is 10.0. The van der Waals surface area contributed by atoms with Crippen molar-refractivity contribution < 1.29 is 5.11 Å². The van der Waals surface area contributed by atoms with Gasteiger partial charge in [-0.05, 0) is 25.8 Å². The Hall–Kier alpha value is -0.0800. The second kappa shape index (κ2) is 36.9. The van der Waals surface area contributed by atoms with E-state index in [1.54, 1.807) is 0 Å². The van der Waals surface area contributed by atoms with Crippen molar-refractivity contribution >= 4 is 0 Å². The van der Waals surface area contributed by atoms with E-state index in [1.165, 1.54) is 212 Å². The van der Waals surface area contributed by atoms with Crippen LogP contribution in [-0.2, 0) is 0 Å². The molecule has 0 aliphatic carbocycles. The third-order valence-corrected chi connectivity index (χ3v) is 8.99. The number of aliphatic hydroxyl groups is 1. The molecular weight excluding hydrogens is 486 g/mol. The van der Waals surface area contributed by atoms with E-state index in [0.717, 1.165) is 13.0 Å². The molecule has 0 spiro atoms. The van der Waals surface area contributed by atoms with Gasteiger partial charge in [0.25, 0.3) is 0 Å². The Morgan fingerprint density at radius 2 is 0.550 bits per heavy atom. The third kappa shape index (κ3) is 35.9. The Bertz CT molecular complexity index is 388. The molecule has 1 unspecified atom stereocenters. The summed E-state index contributed by atoms with van der Waals surface area (Å²) in [6, 6.07) is 0. The fourth-order valence-electron chi connectivity index (χ4n) is 6.11. The Morgan fingerprint density at radius 3 is 0.825 bits per heavy atom. The number of rotatable bonds is 36. The van der Waals surface area contributed by atoms with Crippen molar-refractivity contribution in [2.24, 2.45) is 0 Å². The van der Waals surface area contributed by atoms with E-state index < -0.39 is 0 Å². The first-order chi connectivity index (χ1) is 19.8. The second-order valence-corrected chi connectivity index (χ2v) is 13.2. The Kier molecular flexibility index (Phi) is 36.9. The molecule has 0 amide bonds. The average Bonchev–Trinajstić information content (AvgIpc) is 2.96. The number of nitrogens with one attached hydrogen (secondary N) is 1. The van der Waals surface area contributed by atoms with Crippen LogP contribution in [0.15, 0.2) is 0 Å². The molecule has 0 fully saturated rings. The molecule has 2 nitrogen and oxygen atoms in total. The molecule has 0 bridgehead atoms. The van der Waals surface area contributed by atoms with Crippen molar-refractivity contribution in [3.8, 4) is 0 Å². The van der Waals surface area contributed by atoms with Crippen LogP contribution >= 0.6 is 0 Å². The van der Waals surface area contributed by atoms with Crippen molar-refractivity contribution in [2.75, 3.05) is 6.54 Å². The fourth-order valence-corrected chi connectivity index (χ4v) is 6.11. The lowest BCUT2D eigenvalue weighted by Gasteiger charge is -2.12. The van der Waals surface area contributed by atoms with Crippen molar-refractivity contribution in [2.45, 2.75) is 238 Å². The topological polar surface area (TPSA) is 32.3 Å². The van der Waals surface area contributed by atoms with Gasteiger partial charge in [0.05, 0.1) is 0 Å². The molecule has 0 aliphatic rings. The Labute approximate surface area is 255 Å². The van der Waals surface area contributed by atoms with E-state index in [9.17, 15) is 5.11 Å². The zero-order chi connectivity index (χ0) is 29.0. The molecule has 0 saturated carbocycles. The van der Waals surface area contributed by atoms with E-state index in [4.69, 9.17) is 0 Å². The molecule has 242 valence electrons. The third-order valence-electron chi connectivity index (χ3n) is 8.99. The summed E-state index contributed by atoms with van der Waals surface area (Å²) in [6.07, 6.45) is 47.2. The number of unbranched alkanes of at least 4 members (excludes halogenated alkanes) is 31. The van der Waals surface area contributed by atoms with Gasteiger partial charge in [-0.15, -0.1) is 0 Å². The summed E-state index contributed by atoms with van der Waals surface area (Å²) in [5, 5.41) is 13.5. The summed E-state index contributed by atoms with van der Waals surface area (Å²) in [4.78, 5) is 0. The van der Waals surface area contributed by atoms with Crippen LogP contribution in [0.3, 0.4) is 0 Å². The van der Waals surface area contributed by atoms with Crippen LogP contribution in [0.4, 0.5) is 0 Å². The molecule has 0 aromatic heterocycles. The Balaban J connectivity index is 3.13. The highest BCUT2D eigenvalue weighted by Crippen LogP contribution is 2.15. The summed E-state index contributed by atoms with van der Waals surface area (Å²) in [5.74, 6) is 0. The molecule has 0 aromatic carbocycles. The predicted octanol–water partition coefficient (Wildman–Crippen LogP) is 13.2. The summed E-state index contributed by atoms with van der Waals surface area (Å²) >= 11 is 0. The van der Waals surface area contributed by atoms with Gasteiger partial charge in [-0.3, -0.25) is 5.32 Å². The van der Waals surface area contributed by atoms with Crippen LogP contribution in [0, 0.1) is 0 Å². The highest BCUT2D eigenvalue weighted by molar-refractivity contribution is 4.57. The molecular formula is C38H79NO. The normalized spacial score (nSPS) is 12.4. The smallest absolute Gasteiger partial charge is 0.104 e. The largest absolute Gasteiger partial charge is 0.379 e. The molecule has 0 radical (unpaired) electrons. The summed E-state index contributed by atoms with van der Waals surface area (Å²) < 4.78 is 0. The minimum Gasteiger partial charge on any atom is -0.379 e. The van der Waals surface area contributed by atoms with E-state index in [2.05, 4.69) is 19.2 Å². The summed E-state index contributed by atoms with van der Waals surface area (Å²) in [6.45, 7) is 5.58. The Morgan fingerprint density at radius 1 is 0.325 bits per heavy atom. The van der Waals surface area contributed by atoms with Crippen molar-refractivity contribution in [1.29, 1.82) is 0 Å². The maximum absolute atomic E-state index is 10.2. The minimum atomic E-state index is -0.285. The van der Waals surface area contributed by atoms with Gasteiger partial charge < -0.3 is 5.11 Å². The number of hydrogen-bond acceptors (Lipinski definition) is 2. The lowest BCUT2D eigenvalue weighted by Crippen LogP contribution is -2.29. The summed E-state index contributed by atoms with van der Waals surface area (Å²) in [5.41, 5.74) is 0. The van der Waals surface area contributed by atoms with Crippen molar-refractivity contribution in [3.63, 3.8) is 0 Å². The van der Waals surface area contributed by atoms with Gasteiger partial charge >= 0.3 is 0 Å². The molecule has 2 heteroatoms. The van der Waals surface area contributed by atoms with E-state index >= 15 is 0 Å². The molecule has 1 atom stereocenters. The first-order valence-electron chi connectivity index (χ1n) is 19.2. The second-order valence-electron chi connectivity index (χ2n) is 13.2. The van der Waals surface area contributed by atoms with Crippen LogP contribution in [0.5, 0.6) is 0 Å². The van der Waals surface area contributed by atoms with Crippen molar-refractivity contribution in [3.05, 3.63) is 0 Å². The zero-order valence-electron chi connectivity index (χ0n) is 28.3. The highest BCUT2D eigenvalue weighted by Gasteiger charge is 2.02. The van der Waals surface area contributed by atoms with Crippen LogP contribution in [0.1, 0.15) is 232 Å². The van der Waals surface area contributed by atoms with Gasteiger partial charge in [-0.2, -0.15) is 0 Å². The lowest BCUT2D eigenvalue weighted by molar-refractivity contribution is 0.124. The minimum absolute atomic E-state index is 0.285. The van der Waals surface area contributed by atoms with Crippen LogP contribution in [0.2, 0.25) is 0 Å². The maximum atomic E-state index is 10.2. The average molecular weight is 566 g/mol. The van der Waals surface area contributed by atoms with Gasteiger partial charge in [0.2, 0.25) is 0 Å². The van der Waals surface area contributed by atoms with Crippen LogP contribution in [-0.4, -0.2) is 17.9 Å². The molecule has 40 heavy (non-hydrogen) atoms. The van der Waals surface area contributed by atoms with Gasteiger partial charge in [-0.25, -0.2) is 0 Å².